The van der Waals surface area contributed by atoms with Gasteiger partial charge < -0.3 is 4.80 Å². The fourth-order valence-electron chi connectivity index (χ4n) is 1.24. The standard InChI is InChI=1S/C10H15ClOSi/c1-13(12)6-5-9-3-2-4-10(7-9)8-11/h2-4,7,12-13H,5-6,8H2,1H3. The second kappa shape index (κ2) is 5.42. The summed E-state index contributed by atoms with van der Waals surface area (Å²) in [7, 11) is -1.40. The van der Waals surface area contributed by atoms with Crippen molar-refractivity contribution in [1.82, 2.24) is 0 Å². The van der Waals surface area contributed by atoms with Crippen molar-refractivity contribution < 1.29 is 4.80 Å². The highest BCUT2D eigenvalue weighted by Crippen LogP contribution is 2.10. The average molecular weight is 215 g/mol. The maximum absolute atomic E-state index is 9.25. The molecule has 1 aromatic carbocycles. The monoisotopic (exact) mass is 214 g/mol. The van der Waals surface area contributed by atoms with E-state index in [1.807, 2.05) is 18.7 Å². The van der Waals surface area contributed by atoms with Gasteiger partial charge in [-0.25, -0.2) is 0 Å². The van der Waals surface area contributed by atoms with Crippen molar-refractivity contribution >= 4 is 20.6 Å². The fraction of sp³-hybridized carbons (Fsp3) is 0.400. The molecule has 0 amide bonds. The quantitative estimate of drug-likeness (QED) is 0.603. The topological polar surface area (TPSA) is 20.2 Å². The van der Waals surface area contributed by atoms with E-state index in [4.69, 9.17) is 11.6 Å². The first-order valence-corrected chi connectivity index (χ1v) is 7.56. The highest BCUT2D eigenvalue weighted by Gasteiger charge is 2.00. The second-order valence-electron chi connectivity index (χ2n) is 3.34. The van der Waals surface area contributed by atoms with Gasteiger partial charge in [-0.3, -0.25) is 0 Å². The third-order valence-electron chi connectivity index (χ3n) is 2.00. The molecule has 0 heterocycles. The first-order valence-electron chi connectivity index (χ1n) is 4.54. The zero-order valence-corrected chi connectivity index (χ0v) is 9.74. The van der Waals surface area contributed by atoms with Gasteiger partial charge in [-0.2, -0.15) is 0 Å². The molecule has 1 atom stereocenters. The first-order chi connectivity index (χ1) is 6.22. The Kier molecular flexibility index (Phi) is 4.49. The van der Waals surface area contributed by atoms with Crippen LogP contribution < -0.4 is 0 Å². The Balaban J connectivity index is 2.56. The minimum absolute atomic E-state index is 0.569. The molecule has 1 nitrogen and oxygen atoms in total. The lowest BCUT2D eigenvalue weighted by molar-refractivity contribution is 0.575. The molecule has 1 N–H and O–H groups in total. The van der Waals surface area contributed by atoms with Gasteiger partial charge in [0.1, 0.15) is 0 Å². The van der Waals surface area contributed by atoms with Crippen LogP contribution in [-0.2, 0) is 12.3 Å². The van der Waals surface area contributed by atoms with Crippen molar-refractivity contribution in [2.75, 3.05) is 0 Å². The molecule has 0 radical (unpaired) electrons. The average Bonchev–Trinajstić information content (AvgIpc) is 2.15. The summed E-state index contributed by atoms with van der Waals surface area (Å²) in [6.45, 7) is 1.95. The highest BCUT2D eigenvalue weighted by atomic mass is 35.5. The van der Waals surface area contributed by atoms with Crippen LogP contribution in [-0.4, -0.2) is 13.8 Å². The first kappa shape index (κ1) is 10.8. The zero-order valence-electron chi connectivity index (χ0n) is 7.83. The molecule has 0 aromatic heterocycles. The second-order valence-corrected chi connectivity index (χ2v) is 5.88. The van der Waals surface area contributed by atoms with E-state index >= 15 is 0 Å². The van der Waals surface area contributed by atoms with Gasteiger partial charge in [0.15, 0.2) is 9.04 Å². The smallest absolute Gasteiger partial charge is 0.169 e. The van der Waals surface area contributed by atoms with E-state index in [-0.39, 0.29) is 0 Å². The van der Waals surface area contributed by atoms with Crippen LogP contribution in [0.15, 0.2) is 24.3 Å². The number of benzene rings is 1. The maximum Gasteiger partial charge on any atom is 0.169 e. The normalized spacial score (nSPS) is 12.8. The number of alkyl halides is 1. The van der Waals surface area contributed by atoms with Crippen molar-refractivity contribution in [1.29, 1.82) is 0 Å². The molecule has 0 fully saturated rings. The predicted molar refractivity (Wildman–Crippen MR) is 59.7 cm³/mol. The van der Waals surface area contributed by atoms with E-state index in [9.17, 15) is 4.80 Å². The van der Waals surface area contributed by atoms with Crippen LogP contribution in [0.2, 0.25) is 12.6 Å². The Bertz CT molecular complexity index is 263. The lowest BCUT2D eigenvalue weighted by atomic mass is 10.1. The minimum atomic E-state index is -1.40. The summed E-state index contributed by atoms with van der Waals surface area (Å²) >= 11 is 5.72. The van der Waals surface area contributed by atoms with Crippen molar-refractivity contribution in [3.8, 4) is 0 Å². The molecule has 72 valence electrons. The molecule has 0 bridgehead atoms. The lowest BCUT2D eigenvalue weighted by Gasteiger charge is -2.03. The van der Waals surface area contributed by atoms with E-state index in [1.165, 1.54) is 5.56 Å². The SMILES string of the molecule is C[SiH](O)CCc1cccc(CCl)c1. The molecule has 13 heavy (non-hydrogen) atoms. The number of aryl methyl sites for hydroxylation is 1. The van der Waals surface area contributed by atoms with Gasteiger partial charge in [-0.15, -0.1) is 11.6 Å². The maximum atomic E-state index is 9.25. The van der Waals surface area contributed by atoms with Crippen molar-refractivity contribution in [2.24, 2.45) is 0 Å². The summed E-state index contributed by atoms with van der Waals surface area (Å²) in [5.74, 6) is 0.569. The third kappa shape index (κ3) is 3.94. The number of hydrogen-bond donors (Lipinski definition) is 1. The van der Waals surface area contributed by atoms with E-state index < -0.39 is 9.04 Å². The van der Waals surface area contributed by atoms with Gasteiger partial charge in [0, 0.05) is 5.88 Å². The summed E-state index contributed by atoms with van der Waals surface area (Å²) in [5, 5.41) is 0. The predicted octanol–water partition coefficient (Wildman–Crippen LogP) is 2.31. The molecule has 0 aliphatic carbocycles. The molecule has 0 aliphatic heterocycles. The van der Waals surface area contributed by atoms with E-state index in [0.717, 1.165) is 18.0 Å². The molecule has 0 saturated heterocycles. The fourth-order valence-corrected chi connectivity index (χ4v) is 2.16. The Labute approximate surface area is 86.1 Å². The molecule has 3 heteroatoms. The van der Waals surface area contributed by atoms with Crippen LogP contribution in [0.3, 0.4) is 0 Å². The van der Waals surface area contributed by atoms with E-state index in [2.05, 4.69) is 12.1 Å². The Morgan fingerprint density at radius 1 is 1.38 bits per heavy atom. The van der Waals surface area contributed by atoms with Crippen LogP contribution in [0.1, 0.15) is 11.1 Å². The van der Waals surface area contributed by atoms with Gasteiger partial charge in [-0.05, 0) is 30.1 Å². The van der Waals surface area contributed by atoms with Gasteiger partial charge in [0.2, 0.25) is 0 Å². The molecule has 1 rings (SSSR count). The number of hydrogen-bond acceptors (Lipinski definition) is 1. The van der Waals surface area contributed by atoms with Gasteiger partial charge in [0.25, 0.3) is 0 Å². The molecule has 0 aliphatic rings. The third-order valence-corrected chi connectivity index (χ3v) is 3.43. The van der Waals surface area contributed by atoms with Crippen LogP contribution in [0, 0.1) is 0 Å². The summed E-state index contributed by atoms with van der Waals surface area (Å²) in [6.07, 6.45) is 0.981. The van der Waals surface area contributed by atoms with Crippen LogP contribution in [0.25, 0.3) is 0 Å². The van der Waals surface area contributed by atoms with Crippen molar-refractivity contribution in [3.05, 3.63) is 35.4 Å². The zero-order chi connectivity index (χ0) is 9.68. The minimum Gasteiger partial charge on any atom is -0.435 e. The summed E-state index contributed by atoms with van der Waals surface area (Å²) < 4.78 is 0. The van der Waals surface area contributed by atoms with E-state index in [1.54, 1.807) is 0 Å². The Morgan fingerprint density at radius 2 is 2.08 bits per heavy atom. The van der Waals surface area contributed by atoms with Crippen LogP contribution in [0.5, 0.6) is 0 Å². The summed E-state index contributed by atoms with van der Waals surface area (Å²) in [4.78, 5) is 9.25. The van der Waals surface area contributed by atoms with Crippen LogP contribution >= 0.6 is 11.6 Å². The number of rotatable bonds is 4. The van der Waals surface area contributed by atoms with Crippen molar-refractivity contribution in [2.45, 2.75) is 24.9 Å². The van der Waals surface area contributed by atoms with Gasteiger partial charge in [-0.1, -0.05) is 24.3 Å². The highest BCUT2D eigenvalue weighted by molar-refractivity contribution is 6.48. The summed E-state index contributed by atoms with van der Waals surface area (Å²) in [6, 6.07) is 9.20. The number of halogens is 1. The lowest BCUT2D eigenvalue weighted by Crippen LogP contribution is -2.06. The molecule has 0 saturated carbocycles. The molecular weight excluding hydrogens is 200 g/mol. The molecule has 1 aromatic rings. The van der Waals surface area contributed by atoms with Gasteiger partial charge in [0.05, 0.1) is 0 Å². The van der Waals surface area contributed by atoms with Gasteiger partial charge >= 0.3 is 0 Å². The molecule has 1 unspecified atom stereocenters. The summed E-state index contributed by atoms with van der Waals surface area (Å²) in [5.41, 5.74) is 2.44. The molecular formula is C10H15ClOSi. The molecule has 0 spiro atoms. The van der Waals surface area contributed by atoms with Crippen LogP contribution in [0.4, 0.5) is 0 Å². The largest absolute Gasteiger partial charge is 0.435 e. The van der Waals surface area contributed by atoms with E-state index in [0.29, 0.717) is 5.88 Å². The Morgan fingerprint density at radius 3 is 2.69 bits per heavy atom. The Hall–Kier alpha value is -0.313. The van der Waals surface area contributed by atoms with Crippen molar-refractivity contribution in [3.63, 3.8) is 0 Å².